The first-order valence-corrected chi connectivity index (χ1v) is 19.0. The van der Waals surface area contributed by atoms with E-state index in [4.69, 9.17) is 18.9 Å². The maximum atomic E-state index is 11.3. The Morgan fingerprint density at radius 1 is 1.10 bits per heavy atom. The zero-order valence-corrected chi connectivity index (χ0v) is 22.7. The summed E-state index contributed by atoms with van der Waals surface area (Å²) in [6.45, 7) is 15.7. The van der Waals surface area contributed by atoms with Gasteiger partial charge in [0.15, 0.2) is 0 Å². The fraction of sp³-hybridized carbons (Fsp3) is 0.913. The first kappa shape index (κ1) is 27.4. The third-order valence-corrected chi connectivity index (χ3v) is 22.1. The molecule has 1 aliphatic heterocycles. The van der Waals surface area contributed by atoms with Gasteiger partial charge in [0.25, 0.3) is 0 Å². The number of aliphatic hydroxyl groups excluding tert-OH is 1. The Balaban J connectivity index is 3.15. The van der Waals surface area contributed by atoms with Gasteiger partial charge in [-0.2, -0.15) is 0 Å². The van der Waals surface area contributed by atoms with Gasteiger partial charge in [0.2, 0.25) is 0 Å². The van der Waals surface area contributed by atoms with Crippen LogP contribution in [0.3, 0.4) is 0 Å². The third kappa shape index (κ3) is 8.41. The molecule has 6 heteroatoms. The summed E-state index contributed by atoms with van der Waals surface area (Å²) >= 11 is -2.79. The molecular formula is C23H46O5Sn. The zero-order chi connectivity index (χ0) is 21.9. The van der Waals surface area contributed by atoms with Crippen LogP contribution in [-0.4, -0.2) is 68.1 Å². The van der Waals surface area contributed by atoms with Crippen molar-refractivity contribution >= 4 is 18.4 Å². The fourth-order valence-corrected chi connectivity index (χ4v) is 20.5. The van der Waals surface area contributed by atoms with Crippen LogP contribution in [0, 0.1) is 0 Å². The van der Waals surface area contributed by atoms with Gasteiger partial charge in [-0.3, -0.25) is 0 Å². The van der Waals surface area contributed by atoms with Crippen molar-refractivity contribution in [2.24, 2.45) is 0 Å². The molecule has 1 saturated heterocycles. The fourth-order valence-electron chi connectivity index (χ4n) is 4.33. The van der Waals surface area contributed by atoms with Crippen molar-refractivity contribution in [2.75, 3.05) is 20.5 Å². The number of ether oxygens (including phenoxy) is 4. The average Bonchev–Trinajstić information content (AvgIpc) is 3.07. The summed E-state index contributed by atoms with van der Waals surface area (Å²) in [5.74, 6) is -0.675. The van der Waals surface area contributed by atoms with E-state index in [1.54, 1.807) is 7.11 Å². The summed E-state index contributed by atoms with van der Waals surface area (Å²) in [6, 6.07) is 0. The van der Waals surface area contributed by atoms with Crippen LogP contribution in [0.4, 0.5) is 0 Å². The molecule has 1 heterocycles. The van der Waals surface area contributed by atoms with Crippen molar-refractivity contribution < 1.29 is 24.1 Å². The summed E-state index contributed by atoms with van der Waals surface area (Å²) in [5, 5.41) is 11.3. The monoisotopic (exact) mass is 522 g/mol. The van der Waals surface area contributed by atoms with Crippen molar-refractivity contribution in [3.63, 3.8) is 0 Å². The number of hydrogen-bond donors (Lipinski definition) is 1. The molecule has 0 saturated carbocycles. The Morgan fingerprint density at radius 2 is 1.62 bits per heavy atom. The SMILES string of the molecule is C=[C]([C@@H](OCOC)[C@H](O)[C@H]1COC(C)(C)O1)[Sn]([CH2]CCC)([CH2]CCC)[CH2]CCC. The third-order valence-electron chi connectivity index (χ3n) is 6.14. The van der Waals surface area contributed by atoms with Gasteiger partial charge in [-0.25, -0.2) is 0 Å². The summed E-state index contributed by atoms with van der Waals surface area (Å²) < 4.78 is 28.0. The molecule has 3 atom stereocenters. The molecule has 0 unspecified atom stereocenters. The second-order valence-electron chi connectivity index (χ2n) is 8.97. The minimum absolute atomic E-state index is 0.148. The molecule has 1 N–H and O–H groups in total. The van der Waals surface area contributed by atoms with Gasteiger partial charge in [0, 0.05) is 0 Å². The van der Waals surface area contributed by atoms with Gasteiger partial charge in [-0.05, 0) is 0 Å². The molecular weight excluding hydrogens is 475 g/mol. The van der Waals surface area contributed by atoms with Crippen molar-refractivity contribution in [2.45, 2.75) is 111 Å². The number of aliphatic hydroxyl groups is 1. The van der Waals surface area contributed by atoms with Crippen molar-refractivity contribution in [3.05, 3.63) is 10.2 Å². The summed E-state index contributed by atoms with van der Waals surface area (Å²) in [5.41, 5.74) is 0. The second kappa shape index (κ2) is 13.7. The van der Waals surface area contributed by atoms with E-state index in [0.717, 1.165) is 0 Å². The molecule has 29 heavy (non-hydrogen) atoms. The Kier molecular flexibility index (Phi) is 12.9. The summed E-state index contributed by atoms with van der Waals surface area (Å²) in [4.78, 5) is 0. The quantitative estimate of drug-likeness (QED) is 0.217. The van der Waals surface area contributed by atoms with Gasteiger partial charge in [0.1, 0.15) is 0 Å². The van der Waals surface area contributed by atoms with E-state index < -0.39 is 42.5 Å². The molecule has 1 aliphatic rings. The molecule has 172 valence electrons. The first-order chi connectivity index (χ1) is 13.8. The molecule has 0 aliphatic carbocycles. The van der Waals surface area contributed by atoms with Gasteiger partial charge in [-0.15, -0.1) is 0 Å². The van der Waals surface area contributed by atoms with Crippen molar-refractivity contribution in [1.82, 2.24) is 0 Å². The number of rotatable bonds is 16. The van der Waals surface area contributed by atoms with E-state index in [-0.39, 0.29) is 6.79 Å². The van der Waals surface area contributed by atoms with E-state index >= 15 is 0 Å². The number of methoxy groups -OCH3 is 1. The molecule has 0 amide bonds. The maximum absolute atomic E-state index is 11.3. The van der Waals surface area contributed by atoms with E-state index in [0.29, 0.717) is 6.61 Å². The van der Waals surface area contributed by atoms with Crippen LogP contribution in [0.15, 0.2) is 10.2 Å². The molecule has 1 fully saturated rings. The van der Waals surface area contributed by atoms with Gasteiger partial charge >= 0.3 is 184 Å². The predicted octanol–water partition coefficient (Wildman–Crippen LogP) is 5.43. The Labute approximate surface area is 183 Å². The van der Waals surface area contributed by atoms with Gasteiger partial charge in [-0.1, -0.05) is 0 Å². The first-order valence-electron chi connectivity index (χ1n) is 11.6. The zero-order valence-electron chi connectivity index (χ0n) is 19.8. The predicted molar refractivity (Wildman–Crippen MR) is 122 cm³/mol. The Hall–Kier alpha value is 0.339. The van der Waals surface area contributed by atoms with E-state index in [1.807, 2.05) is 13.8 Å². The molecule has 0 bridgehead atoms. The van der Waals surface area contributed by atoms with Crippen LogP contribution in [0.2, 0.25) is 13.3 Å². The molecule has 0 aromatic heterocycles. The van der Waals surface area contributed by atoms with Crippen molar-refractivity contribution in [1.29, 1.82) is 0 Å². The Bertz CT molecular complexity index is 446. The second-order valence-corrected chi connectivity index (χ2v) is 22.4. The topological polar surface area (TPSA) is 57.2 Å². The molecule has 0 spiro atoms. The van der Waals surface area contributed by atoms with Crippen LogP contribution in [0.25, 0.3) is 0 Å². The van der Waals surface area contributed by atoms with Crippen LogP contribution in [0.1, 0.15) is 73.1 Å². The molecule has 1 rings (SSSR count). The normalized spacial score (nSPS) is 21.3. The van der Waals surface area contributed by atoms with Gasteiger partial charge in [0.05, 0.1) is 0 Å². The van der Waals surface area contributed by atoms with Crippen molar-refractivity contribution in [3.8, 4) is 0 Å². The summed E-state index contributed by atoms with van der Waals surface area (Å²) in [6.07, 6.45) is 5.68. The van der Waals surface area contributed by atoms with Gasteiger partial charge < -0.3 is 0 Å². The van der Waals surface area contributed by atoms with E-state index in [9.17, 15) is 5.11 Å². The molecule has 0 aromatic rings. The van der Waals surface area contributed by atoms with E-state index in [2.05, 4.69) is 27.4 Å². The van der Waals surface area contributed by atoms with Crippen LogP contribution >= 0.6 is 0 Å². The molecule has 0 radical (unpaired) electrons. The number of hydrogen-bond acceptors (Lipinski definition) is 5. The van der Waals surface area contributed by atoms with Crippen LogP contribution < -0.4 is 0 Å². The Morgan fingerprint density at radius 3 is 2.00 bits per heavy atom. The average molecular weight is 521 g/mol. The number of unbranched alkanes of at least 4 members (excludes halogenated alkanes) is 3. The van der Waals surface area contributed by atoms with E-state index in [1.165, 1.54) is 55.4 Å². The summed E-state index contributed by atoms with van der Waals surface area (Å²) in [7, 11) is 1.62. The van der Waals surface area contributed by atoms with Crippen LogP contribution in [0.5, 0.6) is 0 Å². The molecule has 5 nitrogen and oxygen atoms in total. The minimum atomic E-state index is -2.79. The molecule has 0 aromatic carbocycles. The standard InChI is InChI=1S/C11H19O5.3C4H9.Sn/c1-5-8(14-7-13-4)10(12)9-6-15-11(2,3)16-9;3*1-3-4-2;/h8-10,12H,1,6-7H2,2-4H3;3*1,3-4H2,2H3;/t8-,9-,10+;;;;/m1..../s1. The van der Waals surface area contributed by atoms with Crippen LogP contribution in [-0.2, 0) is 18.9 Å².